The van der Waals surface area contributed by atoms with Crippen molar-refractivity contribution < 1.29 is 38.8 Å². The Kier molecular flexibility index (Phi) is 6.57. The third kappa shape index (κ3) is 4.60. The summed E-state index contributed by atoms with van der Waals surface area (Å²) >= 11 is 2.34. The predicted octanol–water partition coefficient (Wildman–Crippen LogP) is 0.214. The summed E-state index contributed by atoms with van der Waals surface area (Å²) in [5.74, 6) is -3.68. The summed E-state index contributed by atoms with van der Waals surface area (Å²) in [6, 6.07) is 0.173. The summed E-state index contributed by atoms with van der Waals surface area (Å²) in [5.41, 5.74) is 5.34. The van der Waals surface area contributed by atoms with E-state index in [0.29, 0.717) is 5.57 Å². The first-order valence-corrected chi connectivity index (χ1v) is 11.6. The summed E-state index contributed by atoms with van der Waals surface area (Å²) in [6.45, 7) is 0. The van der Waals surface area contributed by atoms with Crippen molar-refractivity contribution in [3.63, 3.8) is 0 Å². The van der Waals surface area contributed by atoms with Gasteiger partial charge in [0.1, 0.15) is 29.9 Å². The summed E-state index contributed by atoms with van der Waals surface area (Å²) < 4.78 is 4.88. The number of aromatic carboxylic acids is 1. The molecule has 0 bridgehead atoms. The maximum absolute atomic E-state index is 12.8. The van der Waals surface area contributed by atoms with Gasteiger partial charge in [0.05, 0.1) is 0 Å². The molecule has 0 unspecified atom stereocenters. The van der Waals surface area contributed by atoms with E-state index in [1.54, 1.807) is 0 Å². The maximum atomic E-state index is 12.8. The zero-order valence-corrected chi connectivity index (χ0v) is 19.3. The molecule has 14 nitrogen and oxygen atoms in total. The second-order valence-corrected chi connectivity index (χ2v) is 8.98. The van der Waals surface area contributed by atoms with Crippen LogP contribution in [0.3, 0.4) is 0 Å². The highest BCUT2D eigenvalue weighted by Gasteiger charge is 2.54. The average Bonchev–Trinajstić information content (AvgIpc) is 3.47. The van der Waals surface area contributed by atoms with Gasteiger partial charge in [-0.15, -0.1) is 23.1 Å². The van der Waals surface area contributed by atoms with Crippen molar-refractivity contribution in [3.8, 4) is 0 Å². The number of carbonyl (C=O) groups excluding carboxylic acids is 2. The molecule has 0 radical (unpaired) electrons. The monoisotopic (exact) mass is 520 g/mol. The highest BCUT2D eigenvalue weighted by atomic mass is 32.2. The van der Waals surface area contributed by atoms with Crippen molar-refractivity contribution in [2.24, 2.45) is 5.16 Å². The number of hydrogen-bond acceptors (Lipinski definition) is 12. The fourth-order valence-corrected chi connectivity index (χ4v) is 5.19. The number of oxime groups is 1. The second kappa shape index (κ2) is 9.59. The maximum Gasteiger partial charge on any atom is 0.358 e. The number of β-lactam (4-membered cyclic amide) rings is 1. The normalized spacial score (nSPS) is 20.0. The van der Waals surface area contributed by atoms with E-state index in [9.17, 15) is 24.3 Å². The number of fused-ring (bicyclic) bond motifs is 1. The number of carboxylic acid groups (broad SMARTS) is 2. The molecular formula is C19H16N6O8S2. The number of allylic oxidation sites excluding steroid dienone is 1. The molecule has 1 saturated heterocycles. The Hall–Kier alpha value is -4.18. The van der Waals surface area contributed by atoms with E-state index in [1.165, 1.54) is 42.5 Å². The number of aromatic nitrogens is 2. The van der Waals surface area contributed by atoms with Gasteiger partial charge in [-0.1, -0.05) is 16.4 Å². The van der Waals surface area contributed by atoms with Crippen molar-refractivity contribution in [3.05, 3.63) is 45.9 Å². The Morgan fingerprint density at radius 1 is 1.31 bits per heavy atom. The van der Waals surface area contributed by atoms with Gasteiger partial charge in [-0.05, 0) is 11.6 Å². The number of nitrogen functional groups attached to an aromatic ring is 1. The minimum atomic E-state index is -1.34. The first-order chi connectivity index (χ1) is 16.7. The third-order valence-corrected chi connectivity index (χ3v) is 6.82. The molecule has 0 spiro atoms. The van der Waals surface area contributed by atoms with E-state index < -0.39 is 35.2 Å². The molecule has 35 heavy (non-hydrogen) atoms. The lowest BCUT2D eigenvalue weighted by Gasteiger charge is -2.49. The van der Waals surface area contributed by atoms with Gasteiger partial charge in [0, 0.05) is 17.2 Å². The van der Waals surface area contributed by atoms with Crippen molar-refractivity contribution in [1.82, 2.24) is 20.4 Å². The lowest BCUT2D eigenvalue weighted by Crippen LogP contribution is -2.71. The van der Waals surface area contributed by atoms with E-state index in [2.05, 4.69) is 20.6 Å². The number of rotatable bonds is 8. The van der Waals surface area contributed by atoms with Gasteiger partial charge in [-0.25, -0.2) is 14.6 Å². The molecule has 2 aliphatic heterocycles. The first-order valence-electron chi connectivity index (χ1n) is 9.63. The Labute approximate surface area is 204 Å². The summed E-state index contributed by atoms with van der Waals surface area (Å²) in [6.07, 6.45) is 2.77. The highest BCUT2D eigenvalue weighted by Crippen LogP contribution is 2.40. The number of nitrogens with two attached hydrogens (primary N) is 1. The third-order valence-electron chi connectivity index (χ3n) is 4.85. The van der Waals surface area contributed by atoms with Crippen molar-refractivity contribution in [2.75, 3.05) is 18.6 Å². The largest absolute Gasteiger partial charge is 0.477 e. The minimum Gasteiger partial charge on any atom is -0.477 e. The van der Waals surface area contributed by atoms with E-state index in [0.717, 1.165) is 16.2 Å². The summed E-state index contributed by atoms with van der Waals surface area (Å²) in [4.78, 5) is 58.3. The van der Waals surface area contributed by atoms with Gasteiger partial charge in [0.2, 0.25) is 0 Å². The van der Waals surface area contributed by atoms with Crippen LogP contribution in [0.25, 0.3) is 6.08 Å². The average molecular weight is 521 g/mol. The molecule has 5 N–H and O–H groups in total. The van der Waals surface area contributed by atoms with E-state index in [-0.39, 0.29) is 39.4 Å². The van der Waals surface area contributed by atoms with Crippen molar-refractivity contribution >= 4 is 63.8 Å². The van der Waals surface area contributed by atoms with Gasteiger partial charge in [-0.3, -0.25) is 14.5 Å². The standard InChI is InChI=1S/C19H16N6O8S2/c1-32-24-11(10-6-35-19(20)21-10)14(26)22-12-15(27)25-13(18(30)31)7(5-34-16(12)25)2-3-8-4-9(17(28)29)23-33-8/h2-4,6,12,16H,5H2,1H3,(H2,20,21)(H,22,26)(H,28,29)(H,30,31)/b3-2-,24-11-/t12-,16-/m1/s1. The molecular weight excluding hydrogens is 504 g/mol. The molecule has 16 heteroatoms. The van der Waals surface area contributed by atoms with Gasteiger partial charge < -0.3 is 30.6 Å². The van der Waals surface area contributed by atoms with Crippen LogP contribution in [0.2, 0.25) is 0 Å². The second-order valence-electron chi connectivity index (χ2n) is 6.99. The number of hydrogen-bond donors (Lipinski definition) is 4. The van der Waals surface area contributed by atoms with Crippen LogP contribution >= 0.6 is 23.1 Å². The lowest BCUT2D eigenvalue weighted by molar-refractivity contribution is -0.150. The Bertz CT molecular complexity index is 1310. The number of thioether (sulfide) groups is 1. The Morgan fingerprint density at radius 3 is 2.69 bits per heavy atom. The first kappa shape index (κ1) is 24.0. The number of amides is 2. The molecule has 2 amide bonds. The van der Waals surface area contributed by atoms with Crippen LogP contribution in [0.5, 0.6) is 0 Å². The quantitative estimate of drug-likeness (QED) is 0.209. The van der Waals surface area contributed by atoms with Crippen LogP contribution in [0.4, 0.5) is 5.13 Å². The highest BCUT2D eigenvalue weighted by molar-refractivity contribution is 8.00. The zero-order valence-electron chi connectivity index (χ0n) is 17.7. The molecule has 4 rings (SSSR count). The van der Waals surface area contributed by atoms with Crippen LogP contribution in [0.15, 0.2) is 38.5 Å². The summed E-state index contributed by atoms with van der Waals surface area (Å²) in [5, 5.41) is 29.3. The lowest BCUT2D eigenvalue weighted by atomic mass is 10.0. The summed E-state index contributed by atoms with van der Waals surface area (Å²) in [7, 11) is 1.25. The van der Waals surface area contributed by atoms with Crippen LogP contribution in [-0.4, -0.2) is 79.0 Å². The van der Waals surface area contributed by atoms with Crippen LogP contribution in [-0.2, 0) is 19.2 Å². The molecule has 4 heterocycles. The Morgan fingerprint density at radius 2 is 2.09 bits per heavy atom. The SMILES string of the molecule is CO/N=C(\C(=O)N[C@@H]1C(=O)N2C(C(=O)O)=C(/C=C\c3cc(C(=O)O)no3)CS[C@H]12)c1csc(N)n1. The molecule has 0 saturated carbocycles. The van der Waals surface area contributed by atoms with Crippen molar-refractivity contribution in [2.45, 2.75) is 11.4 Å². The molecule has 2 aromatic rings. The zero-order chi connectivity index (χ0) is 25.3. The van der Waals surface area contributed by atoms with Gasteiger partial charge >= 0.3 is 11.9 Å². The fraction of sp³-hybridized carbons (Fsp3) is 0.211. The molecule has 1 fully saturated rings. The topological polar surface area (TPSA) is 211 Å². The van der Waals surface area contributed by atoms with E-state index in [4.69, 9.17) is 20.2 Å². The minimum absolute atomic E-state index is 0.0967. The smallest absolute Gasteiger partial charge is 0.358 e. The van der Waals surface area contributed by atoms with Crippen LogP contribution in [0, 0.1) is 0 Å². The number of nitrogens with one attached hydrogen (secondary N) is 1. The van der Waals surface area contributed by atoms with Crippen LogP contribution < -0.4 is 11.1 Å². The number of aliphatic carboxylic acids is 1. The van der Waals surface area contributed by atoms with E-state index in [1.807, 2.05) is 0 Å². The van der Waals surface area contributed by atoms with Crippen molar-refractivity contribution in [1.29, 1.82) is 0 Å². The molecule has 2 aliphatic rings. The predicted molar refractivity (Wildman–Crippen MR) is 122 cm³/mol. The fourth-order valence-electron chi connectivity index (χ4n) is 3.32. The van der Waals surface area contributed by atoms with Crippen LogP contribution in [0.1, 0.15) is 21.9 Å². The molecule has 182 valence electrons. The number of anilines is 1. The van der Waals surface area contributed by atoms with Gasteiger partial charge in [-0.2, -0.15) is 0 Å². The number of carboxylic acids is 2. The van der Waals surface area contributed by atoms with Gasteiger partial charge in [0.25, 0.3) is 11.8 Å². The molecule has 0 aromatic carbocycles. The number of nitrogens with zero attached hydrogens (tertiary/aromatic N) is 4. The number of thiazole rings is 1. The molecule has 2 atom stereocenters. The van der Waals surface area contributed by atoms with Gasteiger partial charge in [0.15, 0.2) is 22.3 Å². The number of carbonyl (C=O) groups is 4. The molecule has 0 aliphatic carbocycles. The van der Waals surface area contributed by atoms with E-state index >= 15 is 0 Å². The molecule has 2 aromatic heterocycles. The Balaban J connectivity index is 1.52.